The van der Waals surface area contributed by atoms with Gasteiger partial charge in [-0.1, -0.05) is 412 Å². The topological polar surface area (TPSA) is 134 Å². The third-order valence-electron chi connectivity index (χ3n) is 18.2. The van der Waals surface area contributed by atoms with Gasteiger partial charge in [0.25, 0.3) is 0 Å². The summed E-state index contributed by atoms with van der Waals surface area (Å²) in [6.07, 6.45) is 114. The molecule has 2 atom stereocenters. The zero-order chi connectivity index (χ0) is 70.0. The van der Waals surface area contributed by atoms with Gasteiger partial charge in [-0.05, 0) is 83.5 Å². The van der Waals surface area contributed by atoms with Crippen molar-refractivity contribution < 1.29 is 37.6 Å². The van der Waals surface area contributed by atoms with E-state index in [0.717, 1.165) is 103 Å². The molecule has 0 rings (SSSR count). The van der Waals surface area contributed by atoms with Gasteiger partial charge < -0.3 is 20.1 Å². The molecule has 0 saturated heterocycles. The molecule has 0 fully saturated rings. The van der Waals surface area contributed by atoms with Crippen molar-refractivity contribution in [2.24, 2.45) is 5.73 Å². The fourth-order valence-electron chi connectivity index (χ4n) is 12.1. The molecule has 562 valence electrons. The number of hydrogen-bond acceptors (Lipinski definition) is 8. The number of phosphoric acid groups is 1. The van der Waals surface area contributed by atoms with Crippen molar-refractivity contribution in [2.45, 2.75) is 405 Å². The van der Waals surface area contributed by atoms with E-state index < -0.39 is 26.5 Å². The Bertz CT molecular complexity index is 1970. The fraction of sp³-hybridized carbons (Fsp3) is 0.770. The Balaban J connectivity index is 3.81. The molecule has 0 aliphatic heterocycles. The van der Waals surface area contributed by atoms with E-state index in [1.165, 1.54) is 263 Å². The molecule has 3 N–H and O–H groups in total. The number of allylic oxidation sites excluding steroid dienone is 18. The van der Waals surface area contributed by atoms with Crippen LogP contribution < -0.4 is 5.73 Å². The smallest absolute Gasteiger partial charge is 0.462 e. The van der Waals surface area contributed by atoms with Gasteiger partial charge in [-0.3, -0.25) is 18.6 Å². The van der Waals surface area contributed by atoms with Crippen molar-refractivity contribution in [1.82, 2.24) is 0 Å². The van der Waals surface area contributed by atoms with Gasteiger partial charge in [-0.25, -0.2) is 4.57 Å². The third-order valence-corrected chi connectivity index (χ3v) is 19.2. The minimum Gasteiger partial charge on any atom is -0.462 e. The SMILES string of the molecule is CC/C=C\C/C=C\C/C=C\C/C=C\C/C=C\C/C=C\C/C=C\C/C=C\C/C=C\CCCCCCCCCC(=O)OC(COC(=O)CCCCCCCCCCCCCCCCCCCCCCCCCCCCCCCCCCCCCCCCCCC)COP(=O)(O)OCCN. The molecule has 0 saturated carbocycles. The molecule has 0 aliphatic carbocycles. The summed E-state index contributed by atoms with van der Waals surface area (Å²) in [4.78, 5) is 35.5. The summed E-state index contributed by atoms with van der Waals surface area (Å²) in [5.74, 6) is -0.830. The van der Waals surface area contributed by atoms with E-state index in [2.05, 4.69) is 123 Å². The number of hydrogen-bond donors (Lipinski definition) is 2. The lowest BCUT2D eigenvalue weighted by Crippen LogP contribution is -2.29. The van der Waals surface area contributed by atoms with Crippen molar-refractivity contribution in [3.8, 4) is 0 Å². The van der Waals surface area contributed by atoms with E-state index in [9.17, 15) is 19.0 Å². The maximum Gasteiger partial charge on any atom is 0.472 e. The van der Waals surface area contributed by atoms with Crippen LogP contribution in [0.25, 0.3) is 0 Å². The predicted molar refractivity (Wildman–Crippen MR) is 422 cm³/mol. The van der Waals surface area contributed by atoms with Crippen LogP contribution in [0.3, 0.4) is 0 Å². The van der Waals surface area contributed by atoms with Crippen LogP contribution in [0, 0.1) is 0 Å². The first-order valence-corrected chi connectivity index (χ1v) is 42.9. The van der Waals surface area contributed by atoms with Crippen LogP contribution in [-0.4, -0.2) is 49.3 Å². The number of carbonyl (C=O) groups excluding carboxylic acids is 2. The lowest BCUT2D eigenvalue weighted by atomic mass is 10.0. The van der Waals surface area contributed by atoms with E-state index in [4.69, 9.17) is 24.3 Å². The maximum atomic E-state index is 12.8. The van der Waals surface area contributed by atoms with E-state index in [-0.39, 0.29) is 38.6 Å². The highest BCUT2D eigenvalue weighted by Gasteiger charge is 2.26. The van der Waals surface area contributed by atoms with Crippen LogP contribution in [-0.2, 0) is 32.7 Å². The molecular formula is C87H156NO8P. The number of rotatable bonds is 78. The molecule has 0 aromatic rings. The third kappa shape index (κ3) is 81.5. The van der Waals surface area contributed by atoms with Crippen molar-refractivity contribution in [3.63, 3.8) is 0 Å². The Hall–Kier alpha value is -3.33. The summed E-state index contributed by atoms with van der Waals surface area (Å²) in [6.45, 7) is 3.67. The quantitative estimate of drug-likeness (QED) is 0.0264. The summed E-state index contributed by atoms with van der Waals surface area (Å²) in [7, 11) is -4.41. The Morgan fingerprint density at radius 3 is 0.845 bits per heavy atom. The second kappa shape index (κ2) is 81.6. The zero-order valence-electron chi connectivity index (χ0n) is 63.6. The van der Waals surface area contributed by atoms with Crippen molar-refractivity contribution in [3.05, 3.63) is 109 Å². The van der Waals surface area contributed by atoms with Gasteiger partial charge in [0.2, 0.25) is 0 Å². The summed E-state index contributed by atoms with van der Waals surface area (Å²) < 4.78 is 33.3. The van der Waals surface area contributed by atoms with Crippen LogP contribution in [0.2, 0.25) is 0 Å². The minimum absolute atomic E-state index is 0.0480. The van der Waals surface area contributed by atoms with Crippen molar-refractivity contribution >= 4 is 19.8 Å². The summed E-state index contributed by atoms with van der Waals surface area (Å²) >= 11 is 0. The Morgan fingerprint density at radius 2 is 0.567 bits per heavy atom. The van der Waals surface area contributed by atoms with E-state index in [1.54, 1.807) is 0 Å². The van der Waals surface area contributed by atoms with Gasteiger partial charge in [0.1, 0.15) is 6.61 Å². The highest BCUT2D eigenvalue weighted by Crippen LogP contribution is 2.43. The van der Waals surface area contributed by atoms with E-state index >= 15 is 0 Å². The lowest BCUT2D eigenvalue weighted by molar-refractivity contribution is -0.161. The Morgan fingerprint density at radius 1 is 0.320 bits per heavy atom. The number of ether oxygens (including phenoxy) is 2. The Labute approximate surface area is 600 Å². The molecule has 0 aromatic heterocycles. The minimum atomic E-state index is -4.41. The zero-order valence-corrected chi connectivity index (χ0v) is 64.4. The number of phosphoric ester groups is 1. The van der Waals surface area contributed by atoms with Crippen LogP contribution in [0.1, 0.15) is 399 Å². The molecule has 2 unspecified atom stereocenters. The van der Waals surface area contributed by atoms with Crippen molar-refractivity contribution in [2.75, 3.05) is 26.4 Å². The molecular weight excluding hydrogens is 1220 g/mol. The van der Waals surface area contributed by atoms with Crippen LogP contribution in [0.15, 0.2) is 109 Å². The highest BCUT2D eigenvalue weighted by atomic mass is 31.2. The Kier molecular flexibility index (Phi) is 78.8. The molecule has 0 radical (unpaired) electrons. The van der Waals surface area contributed by atoms with Gasteiger partial charge in [-0.15, -0.1) is 0 Å². The maximum absolute atomic E-state index is 12.8. The lowest BCUT2D eigenvalue weighted by Gasteiger charge is -2.19. The summed E-state index contributed by atoms with van der Waals surface area (Å²) in [5, 5.41) is 0. The first kappa shape index (κ1) is 93.7. The van der Waals surface area contributed by atoms with E-state index in [1.807, 2.05) is 0 Å². The molecule has 0 spiro atoms. The normalized spacial score (nSPS) is 13.4. The van der Waals surface area contributed by atoms with Gasteiger partial charge in [0, 0.05) is 19.4 Å². The number of esters is 2. The second-order valence-electron chi connectivity index (χ2n) is 27.6. The van der Waals surface area contributed by atoms with Crippen LogP contribution >= 0.6 is 7.82 Å². The first-order valence-electron chi connectivity index (χ1n) is 41.4. The average Bonchev–Trinajstić information content (AvgIpc) is 2.69. The molecule has 0 heterocycles. The fourth-order valence-corrected chi connectivity index (χ4v) is 12.9. The van der Waals surface area contributed by atoms with Crippen LogP contribution in [0.5, 0.6) is 0 Å². The molecule has 9 nitrogen and oxygen atoms in total. The monoisotopic (exact) mass is 1370 g/mol. The number of nitrogens with two attached hydrogens (primary N) is 1. The van der Waals surface area contributed by atoms with Gasteiger partial charge in [-0.2, -0.15) is 0 Å². The summed E-state index contributed by atoms with van der Waals surface area (Å²) in [6, 6.07) is 0. The first-order chi connectivity index (χ1) is 47.8. The van der Waals surface area contributed by atoms with E-state index in [0.29, 0.717) is 6.42 Å². The molecule has 0 aromatic carbocycles. The molecule has 97 heavy (non-hydrogen) atoms. The largest absolute Gasteiger partial charge is 0.472 e. The predicted octanol–water partition coefficient (Wildman–Crippen LogP) is 28.0. The number of carbonyl (C=O) groups is 2. The van der Waals surface area contributed by atoms with Crippen LogP contribution in [0.4, 0.5) is 0 Å². The summed E-state index contributed by atoms with van der Waals surface area (Å²) in [5.41, 5.74) is 5.41. The number of unbranched alkanes of at least 4 members (excludes halogenated alkanes) is 47. The van der Waals surface area contributed by atoms with Gasteiger partial charge in [0.15, 0.2) is 6.10 Å². The second-order valence-corrected chi connectivity index (χ2v) is 29.1. The molecule has 0 bridgehead atoms. The van der Waals surface area contributed by atoms with Gasteiger partial charge >= 0.3 is 19.8 Å². The molecule has 10 heteroatoms. The van der Waals surface area contributed by atoms with Crippen molar-refractivity contribution in [1.29, 1.82) is 0 Å². The highest BCUT2D eigenvalue weighted by molar-refractivity contribution is 7.47. The average molecular weight is 1380 g/mol. The standard InChI is InChI=1S/C87H156NO8P/c1-3-5-7-9-11-13-15-17-19-21-23-25-27-29-31-33-35-37-39-40-41-42-43-44-46-47-49-51-53-55-57-59-61-63-65-67-69-71-73-75-77-79-86(89)93-83-85(84-95-97(91,92)94-82-81-88)96-87(90)80-78-76-74-72-70-68-66-64-62-60-58-56-54-52-50-48-45-38-36-34-32-30-28-26-24-22-20-18-16-14-12-10-8-6-4-2/h6,8,12,14,18,20,24,26,30,32,36,38,48,50,54,56,60,62,85H,3-5,7,9-11,13,15-17,19,21-23,25,27-29,31,33-35,37,39-47,49,51-53,55,57-59,61,63-84,88H2,1-2H3,(H,91,92)/b8-6-,14-12-,20-18-,26-24-,32-30-,38-36-,50-48-,56-54-,62-60-. The molecule has 0 aliphatic rings. The molecule has 0 amide bonds. The van der Waals surface area contributed by atoms with Gasteiger partial charge in [0.05, 0.1) is 13.2 Å².